The quantitative estimate of drug-likeness (QED) is 0.379. The largest absolute Gasteiger partial charge is 0.365 e. The van der Waals surface area contributed by atoms with Crippen LogP contribution in [0.25, 0.3) is 0 Å². The summed E-state index contributed by atoms with van der Waals surface area (Å²) in [5, 5.41) is 3.00. The number of hydrogen-bond acceptors (Lipinski definition) is 3. The number of ether oxygens (including phenoxy) is 1. The number of hydrogen-bond donors (Lipinski definition) is 3. The van der Waals surface area contributed by atoms with Gasteiger partial charge in [0, 0.05) is 6.54 Å². The van der Waals surface area contributed by atoms with E-state index in [4.69, 9.17) is 9.53 Å². The first-order chi connectivity index (χ1) is 4.23. The van der Waals surface area contributed by atoms with Gasteiger partial charge >= 0.3 is 6.03 Å². The van der Waals surface area contributed by atoms with Crippen LogP contribution in [0.15, 0.2) is 0 Å². The Morgan fingerprint density at radius 3 is 2.22 bits per heavy atom. The van der Waals surface area contributed by atoms with Gasteiger partial charge in [-0.05, 0) is 0 Å². The minimum absolute atomic E-state index is 0.750. The van der Waals surface area contributed by atoms with Crippen molar-refractivity contribution in [1.82, 2.24) is 5.32 Å². The number of carbonyl (C=O) groups excluding carboxylic acids is 1. The van der Waals surface area contributed by atoms with Gasteiger partial charge in [0.1, 0.15) is 0 Å². The van der Waals surface area contributed by atoms with Crippen LogP contribution in [0.4, 0.5) is 4.79 Å². The van der Waals surface area contributed by atoms with E-state index in [0.29, 0.717) is 0 Å². The normalized spacial score (nSPS) is 16.0. The Bertz CT molecular complexity index is 70.3. The predicted molar refractivity (Wildman–Crippen MR) is 32.6 cm³/mol. The van der Waals surface area contributed by atoms with Crippen LogP contribution >= 0.6 is 0 Å². The standard InChI is InChI=1S/C3H7NO.CH4N2O/c1-2-5-3-4-1;2-1(3)4/h4H,1-3H2;(H4,2,3,4). The summed E-state index contributed by atoms with van der Waals surface area (Å²) in [5.74, 6) is 0. The van der Waals surface area contributed by atoms with Gasteiger partial charge in [0.25, 0.3) is 0 Å². The van der Waals surface area contributed by atoms with E-state index in [-0.39, 0.29) is 0 Å². The third kappa shape index (κ3) is 11.0. The summed E-state index contributed by atoms with van der Waals surface area (Å²) in [6.07, 6.45) is 0. The molecule has 5 nitrogen and oxygen atoms in total. The lowest BCUT2D eigenvalue weighted by Gasteiger charge is -1.76. The molecule has 0 saturated carbocycles. The van der Waals surface area contributed by atoms with E-state index in [1.54, 1.807) is 0 Å². The highest BCUT2D eigenvalue weighted by Crippen LogP contribution is 1.75. The summed E-state index contributed by atoms with van der Waals surface area (Å²) >= 11 is 0. The lowest BCUT2D eigenvalue weighted by atomic mass is 10.7. The van der Waals surface area contributed by atoms with Crippen molar-refractivity contribution in [2.75, 3.05) is 19.9 Å². The molecule has 5 heteroatoms. The number of nitrogens with two attached hydrogens (primary N) is 2. The van der Waals surface area contributed by atoms with Gasteiger partial charge in [-0.15, -0.1) is 0 Å². The van der Waals surface area contributed by atoms with Crippen LogP contribution in [-0.4, -0.2) is 25.9 Å². The smallest absolute Gasteiger partial charge is 0.309 e. The number of urea groups is 1. The summed E-state index contributed by atoms with van der Waals surface area (Å²) in [6.45, 7) is 2.67. The van der Waals surface area contributed by atoms with Crippen molar-refractivity contribution in [3.05, 3.63) is 0 Å². The highest BCUT2D eigenvalue weighted by molar-refractivity contribution is 5.69. The Morgan fingerprint density at radius 1 is 1.56 bits per heavy atom. The van der Waals surface area contributed by atoms with Gasteiger partial charge in [0.2, 0.25) is 0 Å². The van der Waals surface area contributed by atoms with Crippen LogP contribution in [0.2, 0.25) is 0 Å². The van der Waals surface area contributed by atoms with Crippen molar-refractivity contribution in [3.8, 4) is 0 Å². The summed E-state index contributed by atoms with van der Waals surface area (Å²) in [5.41, 5.74) is 8.50. The third-order valence-electron chi connectivity index (χ3n) is 0.627. The Morgan fingerprint density at radius 2 is 2.11 bits per heavy atom. The predicted octanol–water partition coefficient (Wildman–Crippen LogP) is -1.41. The van der Waals surface area contributed by atoms with Gasteiger partial charge in [0.15, 0.2) is 0 Å². The van der Waals surface area contributed by atoms with Gasteiger partial charge in [0.05, 0.1) is 13.3 Å². The molecule has 0 spiro atoms. The van der Waals surface area contributed by atoms with E-state index in [1.807, 2.05) is 0 Å². The zero-order valence-electron chi connectivity index (χ0n) is 5.09. The van der Waals surface area contributed by atoms with Gasteiger partial charge < -0.3 is 16.2 Å². The first-order valence-corrected chi connectivity index (χ1v) is 2.57. The van der Waals surface area contributed by atoms with E-state index < -0.39 is 6.03 Å². The van der Waals surface area contributed by atoms with Crippen LogP contribution in [0.5, 0.6) is 0 Å². The van der Waals surface area contributed by atoms with E-state index in [9.17, 15) is 0 Å². The van der Waals surface area contributed by atoms with E-state index in [0.717, 1.165) is 19.9 Å². The van der Waals surface area contributed by atoms with Crippen molar-refractivity contribution >= 4 is 6.03 Å². The molecule has 0 atom stereocenters. The lowest BCUT2D eigenvalue weighted by Crippen LogP contribution is -2.18. The zero-order valence-corrected chi connectivity index (χ0v) is 5.09. The molecule has 0 aromatic carbocycles. The van der Waals surface area contributed by atoms with Crippen LogP contribution in [-0.2, 0) is 4.74 Å². The summed E-state index contributed by atoms with van der Waals surface area (Å²) in [6, 6.07) is -0.833. The second-order valence-electron chi connectivity index (χ2n) is 1.45. The topological polar surface area (TPSA) is 90.4 Å². The fraction of sp³-hybridized carbons (Fsp3) is 0.750. The molecule has 0 radical (unpaired) electrons. The Kier molecular flexibility index (Phi) is 4.85. The molecule has 1 aliphatic rings. The van der Waals surface area contributed by atoms with Crippen molar-refractivity contribution in [1.29, 1.82) is 0 Å². The molecule has 1 rings (SSSR count). The fourth-order valence-corrected chi connectivity index (χ4v) is 0.361. The number of nitrogens with one attached hydrogen (secondary N) is 1. The SMILES string of the molecule is C1COCN1.NC(N)=O. The third-order valence-corrected chi connectivity index (χ3v) is 0.627. The second kappa shape index (κ2) is 5.33. The molecule has 54 valence electrons. The Balaban J connectivity index is 0.000000148. The molecule has 0 bridgehead atoms. The molecule has 0 unspecified atom stereocenters. The van der Waals surface area contributed by atoms with Gasteiger partial charge in [-0.2, -0.15) is 0 Å². The van der Waals surface area contributed by atoms with Gasteiger partial charge in [-0.1, -0.05) is 0 Å². The van der Waals surface area contributed by atoms with Crippen molar-refractivity contribution in [2.45, 2.75) is 0 Å². The van der Waals surface area contributed by atoms with Crippen LogP contribution < -0.4 is 16.8 Å². The molecular weight excluding hydrogens is 122 g/mol. The molecule has 1 saturated heterocycles. The zero-order chi connectivity index (χ0) is 7.11. The lowest BCUT2D eigenvalue weighted by molar-refractivity contribution is 0.194. The summed E-state index contributed by atoms with van der Waals surface area (Å²) < 4.78 is 4.83. The van der Waals surface area contributed by atoms with Crippen molar-refractivity contribution in [3.63, 3.8) is 0 Å². The van der Waals surface area contributed by atoms with Crippen LogP contribution in [0.1, 0.15) is 0 Å². The Hall–Kier alpha value is -0.810. The number of primary amides is 2. The van der Waals surface area contributed by atoms with Crippen LogP contribution in [0, 0.1) is 0 Å². The molecule has 0 aromatic heterocycles. The molecule has 1 heterocycles. The molecular formula is C4H11N3O2. The maximum atomic E-state index is 9.00. The maximum absolute atomic E-state index is 9.00. The van der Waals surface area contributed by atoms with E-state index >= 15 is 0 Å². The van der Waals surface area contributed by atoms with E-state index in [1.165, 1.54) is 0 Å². The molecule has 1 fully saturated rings. The molecule has 5 N–H and O–H groups in total. The number of amides is 2. The number of carbonyl (C=O) groups is 1. The molecule has 1 aliphatic heterocycles. The van der Waals surface area contributed by atoms with Gasteiger partial charge in [-0.25, -0.2) is 4.79 Å². The van der Waals surface area contributed by atoms with Crippen LogP contribution in [0.3, 0.4) is 0 Å². The fourth-order valence-electron chi connectivity index (χ4n) is 0.361. The highest BCUT2D eigenvalue weighted by Gasteiger charge is 1.92. The maximum Gasteiger partial charge on any atom is 0.309 e. The average Bonchev–Trinajstić information content (AvgIpc) is 2.11. The molecule has 0 aromatic rings. The Labute approximate surface area is 53.3 Å². The molecule has 9 heavy (non-hydrogen) atoms. The van der Waals surface area contributed by atoms with Gasteiger partial charge in [-0.3, -0.25) is 5.32 Å². The summed E-state index contributed by atoms with van der Waals surface area (Å²) in [7, 11) is 0. The molecule has 2 amide bonds. The monoisotopic (exact) mass is 133 g/mol. The van der Waals surface area contributed by atoms with Crippen molar-refractivity contribution in [2.24, 2.45) is 11.5 Å². The minimum atomic E-state index is -0.833. The minimum Gasteiger partial charge on any atom is -0.365 e. The molecule has 0 aliphatic carbocycles. The first-order valence-electron chi connectivity index (χ1n) is 2.57. The number of rotatable bonds is 0. The second-order valence-corrected chi connectivity index (χ2v) is 1.45. The van der Waals surface area contributed by atoms with Crippen molar-refractivity contribution < 1.29 is 9.53 Å². The first kappa shape index (κ1) is 8.19. The van der Waals surface area contributed by atoms with E-state index in [2.05, 4.69) is 16.8 Å². The highest BCUT2D eigenvalue weighted by atomic mass is 16.5. The average molecular weight is 133 g/mol. The summed E-state index contributed by atoms with van der Waals surface area (Å²) in [4.78, 5) is 9.00.